The van der Waals surface area contributed by atoms with Gasteiger partial charge in [0.2, 0.25) is 0 Å². The van der Waals surface area contributed by atoms with Crippen molar-refractivity contribution in [2.75, 3.05) is 4.90 Å². The summed E-state index contributed by atoms with van der Waals surface area (Å²) in [6, 6.07) is 81.5. The van der Waals surface area contributed by atoms with E-state index < -0.39 is 0 Å². The normalized spacial score (nSPS) is 12.7. The Morgan fingerprint density at radius 2 is 0.921 bits per heavy atom. The molecule has 0 N–H and O–H groups in total. The summed E-state index contributed by atoms with van der Waals surface area (Å²) in [5.74, 6) is 0. The first-order chi connectivity index (χ1) is 31.0. The number of para-hydroxylation sites is 3. The van der Waals surface area contributed by atoms with E-state index in [1.54, 1.807) is 0 Å². The molecular formula is C61H43NO. The van der Waals surface area contributed by atoms with Gasteiger partial charge < -0.3 is 9.32 Å². The molecule has 298 valence electrons. The standard InChI is InChI=1S/C61H43NO/c1-61(2)56-28-8-5-20-50(56)53-25-13-24-49(59(53)61)42-33-37-46(38-34-42)62(57-29-9-6-21-51(57)54-26-14-27-55-52-22-7-10-30-58(52)63-60(54)55)45-35-31-40(32-36-45)43-17-11-18-44(39-43)48-23-12-16-41-15-3-4-19-47(41)48/h3-39H,1-2H3. The second-order valence-corrected chi connectivity index (χ2v) is 17.2. The molecule has 0 unspecified atom stereocenters. The monoisotopic (exact) mass is 805 g/mol. The van der Waals surface area contributed by atoms with Crippen LogP contribution in [0.5, 0.6) is 0 Å². The minimum Gasteiger partial charge on any atom is -0.455 e. The largest absolute Gasteiger partial charge is 0.455 e. The highest BCUT2D eigenvalue weighted by Gasteiger charge is 2.37. The number of fused-ring (bicyclic) bond motifs is 7. The topological polar surface area (TPSA) is 16.4 Å². The van der Waals surface area contributed by atoms with Crippen LogP contribution in [-0.4, -0.2) is 0 Å². The van der Waals surface area contributed by atoms with Gasteiger partial charge in [0, 0.05) is 38.7 Å². The average Bonchev–Trinajstić information content (AvgIpc) is 3.84. The van der Waals surface area contributed by atoms with Gasteiger partial charge in [-0.15, -0.1) is 0 Å². The van der Waals surface area contributed by atoms with Gasteiger partial charge in [-0.25, -0.2) is 0 Å². The Morgan fingerprint density at radius 3 is 1.76 bits per heavy atom. The molecule has 0 radical (unpaired) electrons. The molecule has 2 heteroatoms. The Morgan fingerprint density at radius 1 is 0.365 bits per heavy atom. The van der Waals surface area contributed by atoms with Crippen LogP contribution >= 0.6 is 0 Å². The molecule has 12 rings (SSSR count). The predicted octanol–water partition coefficient (Wildman–Crippen LogP) is 17.2. The Balaban J connectivity index is 0.984. The molecule has 11 aromatic rings. The van der Waals surface area contributed by atoms with Crippen LogP contribution in [-0.2, 0) is 5.41 Å². The lowest BCUT2D eigenvalue weighted by Gasteiger charge is -2.28. The number of benzene rings is 10. The van der Waals surface area contributed by atoms with Gasteiger partial charge in [0.15, 0.2) is 0 Å². The fourth-order valence-electron chi connectivity index (χ4n) is 10.3. The number of hydrogen-bond donors (Lipinski definition) is 0. The molecule has 1 aliphatic rings. The van der Waals surface area contributed by atoms with Crippen molar-refractivity contribution in [2.24, 2.45) is 0 Å². The van der Waals surface area contributed by atoms with Crippen molar-refractivity contribution in [1.29, 1.82) is 0 Å². The third-order valence-corrected chi connectivity index (χ3v) is 13.3. The Bertz CT molecular complexity index is 3530. The third-order valence-electron chi connectivity index (χ3n) is 13.3. The second-order valence-electron chi connectivity index (χ2n) is 17.2. The van der Waals surface area contributed by atoms with E-state index in [2.05, 4.69) is 237 Å². The highest BCUT2D eigenvalue weighted by molar-refractivity contribution is 6.11. The molecule has 0 saturated heterocycles. The first-order valence-corrected chi connectivity index (χ1v) is 21.8. The zero-order chi connectivity index (χ0) is 42.1. The maximum Gasteiger partial charge on any atom is 0.143 e. The van der Waals surface area contributed by atoms with Crippen LogP contribution in [0.2, 0.25) is 0 Å². The lowest BCUT2D eigenvalue weighted by atomic mass is 9.79. The van der Waals surface area contributed by atoms with Crippen molar-refractivity contribution in [2.45, 2.75) is 19.3 Å². The van der Waals surface area contributed by atoms with E-state index in [9.17, 15) is 0 Å². The molecule has 0 bridgehead atoms. The van der Waals surface area contributed by atoms with E-state index in [-0.39, 0.29) is 5.41 Å². The molecular weight excluding hydrogens is 763 g/mol. The smallest absolute Gasteiger partial charge is 0.143 e. The van der Waals surface area contributed by atoms with Gasteiger partial charge in [0.05, 0.1) is 5.69 Å². The Labute approximate surface area is 368 Å². The van der Waals surface area contributed by atoms with Crippen LogP contribution in [0.3, 0.4) is 0 Å². The van der Waals surface area contributed by atoms with Crippen molar-refractivity contribution in [3.05, 3.63) is 236 Å². The molecule has 1 heterocycles. The molecule has 0 aliphatic heterocycles. The van der Waals surface area contributed by atoms with Crippen LogP contribution in [0.25, 0.3) is 88.3 Å². The van der Waals surface area contributed by atoms with Gasteiger partial charge in [-0.2, -0.15) is 0 Å². The van der Waals surface area contributed by atoms with Crippen LogP contribution in [0.1, 0.15) is 25.0 Å². The molecule has 1 aromatic heterocycles. The minimum absolute atomic E-state index is 0.111. The average molecular weight is 806 g/mol. The lowest BCUT2D eigenvalue weighted by molar-refractivity contribution is 0.662. The summed E-state index contributed by atoms with van der Waals surface area (Å²) < 4.78 is 6.64. The van der Waals surface area contributed by atoms with Crippen molar-refractivity contribution in [3.63, 3.8) is 0 Å². The third kappa shape index (κ3) is 6.02. The fraction of sp³-hybridized carbons (Fsp3) is 0.0492. The zero-order valence-electron chi connectivity index (χ0n) is 35.2. The summed E-state index contributed by atoms with van der Waals surface area (Å²) in [4.78, 5) is 2.39. The number of rotatable bonds is 7. The van der Waals surface area contributed by atoms with E-state index in [0.717, 1.165) is 55.7 Å². The maximum absolute atomic E-state index is 6.64. The van der Waals surface area contributed by atoms with E-state index in [1.165, 1.54) is 60.8 Å². The summed E-state index contributed by atoms with van der Waals surface area (Å²) in [5.41, 5.74) is 19.8. The van der Waals surface area contributed by atoms with Crippen LogP contribution in [0.4, 0.5) is 17.1 Å². The van der Waals surface area contributed by atoms with E-state index >= 15 is 0 Å². The number of furan rings is 1. The Kier molecular flexibility index (Phi) is 8.55. The summed E-state index contributed by atoms with van der Waals surface area (Å²) in [6.45, 7) is 4.72. The first-order valence-electron chi connectivity index (χ1n) is 21.8. The number of hydrogen-bond acceptors (Lipinski definition) is 2. The van der Waals surface area contributed by atoms with Gasteiger partial charge in [-0.3, -0.25) is 0 Å². The number of anilines is 3. The van der Waals surface area contributed by atoms with Gasteiger partial charge in [0.25, 0.3) is 0 Å². The van der Waals surface area contributed by atoms with E-state index in [1.807, 2.05) is 6.07 Å². The summed E-state index contributed by atoms with van der Waals surface area (Å²) in [5, 5.41) is 4.75. The SMILES string of the molecule is CC1(C)c2ccccc2-c2cccc(-c3ccc(N(c4ccc(-c5cccc(-c6cccc7ccccc67)c5)cc4)c4ccccc4-c4cccc5c4oc4ccccc45)cc3)c21. The molecule has 0 amide bonds. The van der Waals surface area contributed by atoms with Crippen LogP contribution in [0, 0.1) is 0 Å². The molecule has 2 nitrogen and oxygen atoms in total. The minimum atomic E-state index is -0.111. The van der Waals surface area contributed by atoms with Gasteiger partial charge in [-0.05, 0) is 109 Å². The molecule has 0 spiro atoms. The summed E-state index contributed by atoms with van der Waals surface area (Å²) >= 11 is 0. The molecule has 10 aromatic carbocycles. The summed E-state index contributed by atoms with van der Waals surface area (Å²) in [6.07, 6.45) is 0. The lowest BCUT2D eigenvalue weighted by Crippen LogP contribution is -2.16. The van der Waals surface area contributed by atoms with Crippen molar-refractivity contribution < 1.29 is 4.42 Å². The van der Waals surface area contributed by atoms with Crippen LogP contribution < -0.4 is 4.90 Å². The van der Waals surface area contributed by atoms with Crippen molar-refractivity contribution in [3.8, 4) is 55.6 Å². The highest BCUT2D eigenvalue weighted by atomic mass is 16.3. The molecule has 63 heavy (non-hydrogen) atoms. The zero-order valence-corrected chi connectivity index (χ0v) is 35.2. The summed E-state index contributed by atoms with van der Waals surface area (Å²) in [7, 11) is 0. The highest BCUT2D eigenvalue weighted by Crippen LogP contribution is 2.52. The second kappa shape index (κ2) is 14.6. The predicted molar refractivity (Wildman–Crippen MR) is 265 cm³/mol. The van der Waals surface area contributed by atoms with Gasteiger partial charge in [-0.1, -0.05) is 196 Å². The van der Waals surface area contributed by atoms with Crippen molar-refractivity contribution >= 4 is 49.8 Å². The number of nitrogens with zero attached hydrogens (tertiary/aromatic N) is 1. The van der Waals surface area contributed by atoms with Crippen LogP contribution in [0.15, 0.2) is 229 Å². The Hall–Kier alpha value is -7.94. The molecule has 0 saturated carbocycles. The van der Waals surface area contributed by atoms with Gasteiger partial charge in [0.1, 0.15) is 11.2 Å². The van der Waals surface area contributed by atoms with Crippen molar-refractivity contribution in [1.82, 2.24) is 0 Å². The fourth-order valence-corrected chi connectivity index (χ4v) is 10.3. The van der Waals surface area contributed by atoms with Gasteiger partial charge >= 0.3 is 0 Å². The maximum atomic E-state index is 6.64. The van der Waals surface area contributed by atoms with E-state index in [0.29, 0.717) is 0 Å². The van der Waals surface area contributed by atoms with E-state index in [4.69, 9.17) is 4.42 Å². The molecule has 0 atom stereocenters. The first kappa shape index (κ1) is 36.9. The quantitative estimate of drug-likeness (QED) is 0.160. The molecule has 1 aliphatic carbocycles. The molecule has 0 fully saturated rings.